The summed E-state index contributed by atoms with van der Waals surface area (Å²) in [4.78, 5) is 12.9. The lowest BCUT2D eigenvalue weighted by molar-refractivity contribution is -0.165. The average Bonchev–Trinajstić information content (AvgIpc) is 2.74. The maximum absolute atomic E-state index is 12.9. The molecule has 0 saturated carbocycles. The van der Waals surface area contributed by atoms with Gasteiger partial charge in [-0.3, -0.25) is 4.79 Å². The number of hydrogen-bond acceptors (Lipinski definition) is 4. The van der Waals surface area contributed by atoms with Crippen molar-refractivity contribution in [2.24, 2.45) is 5.92 Å². The minimum absolute atomic E-state index is 0.00319. The predicted octanol–water partition coefficient (Wildman–Crippen LogP) is 4.84. The van der Waals surface area contributed by atoms with Gasteiger partial charge in [0.15, 0.2) is 5.76 Å². The summed E-state index contributed by atoms with van der Waals surface area (Å²) in [6.07, 6.45) is 2.69. The monoisotopic (exact) mass is 459 g/mol. The van der Waals surface area contributed by atoms with E-state index in [2.05, 4.69) is 21.2 Å². The summed E-state index contributed by atoms with van der Waals surface area (Å²) in [5, 5.41) is 12.2. The normalized spacial score (nSPS) is 21.2. The highest BCUT2D eigenvalue weighted by molar-refractivity contribution is 9.10. The van der Waals surface area contributed by atoms with Crippen molar-refractivity contribution in [2.75, 3.05) is 18.5 Å². The maximum Gasteiger partial charge on any atom is 0.290 e. The number of para-hydroxylation sites is 1. The first-order chi connectivity index (χ1) is 14.1. The third kappa shape index (κ3) is 5.69. The molecule has 5 nitrogen and oxygen atoms in total. The SMILES string of the molecule is CCO[C@H]1OC(C(=O)Nc2ccccc2)=C[C@@H](c2ccc(Br)cc2)[C@@H]1CCCO. The number of benzene rings is 2. The molecule has 3 rings (SSSR count). The van der Waals surface area contributed by atoms with Crippen molar-refractivity contribution in [3.8, 4) is 0 Å². The second-order valence-electron chi connectivity index (χ2n) is 6.90. The largest absolute Gasteiger partial charge is 0.459 e. The first kappa shape index (κ1) is 21.6. The van der Waals surface area contributed by atoms with Crippen LogP contribution in [-0.2, 0) is 14.3 Å². The Morgan fingerprint density at radius 1 is 1.17 bits per heavy atom. The Kier molecular flexibility index (Phi) is 7.86. The van der Waals surface area contributed by atoms with Crippen LogP contribution < -0.4 is 5.32 Å². The number of carbonyl (C=O) groups excluding carboxylic acids is 1. The van der Waals surface area contributed by atoms with Gasteiger partial charge in [0, 0.05) is 35.2 Å². The minimum atomic E-state index is -0.554. The lowest BCUT2D eigenvalue weighted by Gasteiger charge is -2.37. The number of aliphatic hydroxyl groups excluding tert-OH is 1. The van der Waals surface area contributed by atoms with Crippen LogP contribution in [0.15, 0.2) is 70.9 Å². The topological polar surface area (TPSA) is 67.8 Å². The van der Waals surface area contributed by atoms with Gasteiger partial charge in [-0.1, -0.05) is 46.3 Å². The highest BCUT2D eigenvalue weighted by Gasteiger charge is 2.37. The van der Waals surface area contributed by atoms with Crippen LogP contribution in [0.4, 0.5) is 5.69 Å². The molecule has 6 heteroatoms. The lowest BCUT2D eigenvalue weighted by Crippen LogP contribution is -2.37. The Bertz CT molecular complexity index is 823. The van der Waals surface area contributed by atoms with Crippen molar-refractivity contribution in [2.45, 2.75) is 32.0 Å². The second-order valence-corrected chi connectivity index (χ2v) is 7.82. The molecule has 0 aromatic heterocycles. The lowest BCUT2D eigenvalue weighted by atomic mass is 9.80. The summed E-state index contributed by atoms with van der Waals surface area (Å²) >= 11 is 3.47. The second kappa shape index (κ2) is 10.6. The first-order valence-electron chi connectivity index (χ1n) is 9.85. The van der Waals surface area contributed by atoms with E-state index in [1.807, 2.05) is 67.6 Å². The van der Waals surface area contributed by atoms with Crippen LogP contribution >= 0.6 is 15.9 Å². The van der Waals surface area contributed by atoms with Crippen LogP contribution in [0.5, 0.6) is 0 Å². The van der Waals surface area contributed by atoms with Crippen molar-refractivity contribution in [1.82, 2.24) is 0 Å². The Hall–Kier alpha value is -2.15. The Balaban J connectivity index is 1.92. The number of carbonyl (C=O) groups is 1. The van der Waals surface area contributed by atoms with Crippen LogP contribution in [-0.4, -0.2) is 30.5 Å². The van der Waals surface area contributed by atoms with Gasteiger partial charge in [0.05, 0.1) is 0 Å². The van der Waals surface area contributed by atoms with Gasteiger partial charge in [0.1, 0.15) is 0 Å². The molecule has 2 aromatic carbocycles. The number of aliphatic hydroxyl groups is 1. The smallest absolute Gasteiger partial charge is 0.290 e. The highest BCUT2D eigenvalue weighted by Crippen LogP contribution is 2.39. The highest BCUT2D eigenvalue weighted by atomic mass is 79.9. The van der Waals surface area contributed by atoms with Crippen LogP contribution in [0.1, 0.15) is 31.2 Å². The molecule has 1 heterocycles. The minimum Gasteiger partial charge on any atom is -0.459 e. The number of amides is 1. The molecule has 3 atom stereocenters. The zero-order valence-electron chi connectivity index (χ0n) is 16.4. The molecular formula is C23H26BrNO4. The van der Waals surface area contributed by atoms with E-state index >= 15 is 0 Å². The number of halogens is 1. The molecule has 0 spiro atoms. The first-order valence-corrected chi connectivity index (χ1v) is 10.6. The van der Waals surface area contributed by atoms with E-state index in [-0.39, 0.29) is 30.1 Å². The van der Waals surface area contributed by atoms with Gasteiger partial charge in [-0.15, -0.1) is 0 Å². The van der Waals surface area contributed by atoms with Gasteiger partial charge < -0.3 is 19.9 Å². The number of nitrogens with one attached hydrogen (secondary N) is 1. The van der Waals surface area contributed by atoms with E-state index in [0.29, 0.717) is 18.7 Å². The molecule has 0 aliphatic carbocycles. The number of rotatable bonds is 8. The molecule has 1 aliphatic heterocycles. The maximum atomic E-state index is 12.9. The van der Waals surface area contributed by atoms with Gasteiger partial charge >= 0.3 is 0 Å². The molecule has 0 saturated heterocycles. The van der Waals surface area contributed by atoms with Gasteiger partial charge in [0.2, 0.25) is 6.29 Å². The molecule has 29 heavy (non-hydrogen) atoms. The Morgan fingerprint density at radius 3 is 2.55 bits per heavy atom. The van der Waals surface area contributed by atoms with Crippen LogP contribution in [0.2, 0.25) is 0 Å². The number of allylic oxidation sites excluding steroid dienone is 1. The molecule has 0 unspecified atom stereocenters. The summed E-state index contributed by atoms with van der Waals surface area (Å²) in [6, 6.07) is 17.3. The van der Waals surface area contributed by atoms with E-state index in [1.54, 1.807) is 0 Å². The summed E-state index contributed by atoms with van der Waals surface area (Å²) in [6.45, 7) is 2.48. The van der Waals surface area contributed by atoms with Crippen molar-refractivity contribution >= 4 is 27.5 Å². The van der Waals surface area contributed by atoms with E-state index in [4.69, 9.17) is 9.47 Å². The van der Waals surface area contributed by atoms with Gasteiger partial charge in [-0.2, -0.15) is 0 Å². The molecule has 2 aromatic rings. The van der Waals surface area contributed by atoms with E-state index in [1.165, 1.54) is 0 Å². The quantitative estimate of drug-likeness (QED) is 0.592. The fourth-order valence-corrected chi connectivity index (χ4v) is 3.81. The van der Waals surface area contributed by atoms with Crippen molar-refractivity contribution in [3.63, 3.8) is 0 Å². The Morgan fingerprint density at radius 2 is 1.90 bits per heavy atom. The fraction of sp³-hybridized carbons (Fsp3) is 0.348. The predicted molar refractivity (Wildman–Crippen MR) is 116 cm³/mol. The zero-order valence-corrected chi connectivity index (χ0v) is 18.0. The van der Waals surface area contributed by atoms with Crippen LogP contribution in [0.25, 0.3) is 0 Å². The third-order valence-electron chi connectivity index (χ3n) is 4.92. The molecular weight excluding hydrogens is 434 g/mol. The van der Waals surface area contributed by atoms with Gasteiger partial charge in [0.25, 0.3) is 5.91 Å². The van der Waals surface area contributed by atoms with Crippen LogP contribution in [0, 0.1) is 5.92 Å². The molecule has 0 bridgehead atoms. The summed E-state index contributed by atoms with van der Waals surface area (Å²) in [7, 11) is 0. The molecule has 154 valence electrons. The molecule has 0 fully saturated rings. The summed E-state index contributed by atoms with van der Waals surface area (Å²) in [5.41, 5.74) is 1.78. The average molecular weight is 460 g/mol. The van der Waals surface area contributed by atoms with Crippen molar-refractivity contribution in [3.05, 3.63) is 76.5 Å². The summed E-state index contributed by atoms with van der Waals surface area (Å²) in [5.74, 6) is -0.114. The Labute approximate surface area is 179 Å². The number of hydrogen-bond donors (Lipinski definition) is 2. The van der Waals surface area contributed by atoms with Crippen LogP contribution in [0.3, 0.4) is 0 Å². The fourth-order valence-electron chi connectivity index (χ4n) is 3.54. The van der Waals surface area contributed by atoms with E-state index in [9.17, 15) is 9.90 Å². The van der Waals surface area contributed by atoms with Crippen molar-refractivity contribution < 1.29 is 19.4 Å². The van der Waals surface area contributed by atoms with Crippen molar-refractivity contribution in [1.29, 1.82) is 0 Å². The van der Waals surface area contributed by atoms with Gasteiger partial charge in [-0.05, 0) is 55.7 Å². The molecule has 1 aliphatic rings. The standard InChI is InChI=1S/C23H26BrNO4/c1-2-28-23-19(9-6-14-26)20(16-10-12-17(24)13-11-16)15-21(29-23)22(27)25-18-7-4-3-5-8-18/h3-5,7-8,10-13,15,19-20,23,26H,2,6,9,14H2,1H3,(H,25,27)/t19-,20-,23-/m0/s1. The number of anilines is 1. The summed E-state index contributed by atoms with van der Waals surface area (Å²) < 4.78 is 12.8. The van der Waals surface area contributed by atoms with Gasteiger partial charge in [-0.25, -0.2) is 0 Å². The molecule has 0 radical (unpaired) electrons. The zero-order chi connectivity index (χ0) is 20.6. The van der Waals surface area contributed by atoms with E-state index < -0.39 is 6.29 Å². The number of ether oxygens (including phenoxy) is 2. The molecule has 1 amide bonds. The third-order valence-corrected chi connectivity index (χ3v) is 5.45. The van der Waals surface area contributed by atoms with E-state index in [0.717, 1.165) is 16.5 Å². The molecule has 2 N–H and O–H groups in total.